The molecule has 4 nitrogen and oxygen atoms in total. The number of benzene rings is 2. The number of amides is 2. The Bertz CT molecular complexity index is 826. The predicted molar refractivity (Wildman–Crippen MR) is 127 cm³/mol. The molecular formula is C24H31ClN2O2S. The Morgan fingerprint density at radius 1 is 1.10 bits per heavy atom. The van der Waals surface area contributed by atoms with Crippen LogP contribution >= 0.6 is 23.4 Å². The fraction of sp³-hybridized carbons (Fsp3) is 0.417. The van der Waals surface area contributed by atoms with Crippen molar-refractivity contribution in [1.82, 2.24) is 10.2 Å². The highest BCUT2D eigenvalue weighted by atomic mass is 35.5. The SMILES string of the molecule is CCCNC(=O)[C@@H](CC)N(Cc1ccc(Cl)cc1)C(=O)CSCc1ccccc1C. The van der Waals surface area contributed by atoms with Gasteiger partial charge in [-0.25, -0.2) is 0 Å². The third-order valence-electron chi connectivity index (χ3n) is 4.95. The lowest BCUT2D eigenvalue weighted by Gasteiger charge is -2.30. The molecule has 0 aliphatic carbocycles. The molecule has 0 radical (unpaired) electrons. The van der Waals surface area contributed by atoms with E-state index in [4.69, 9.17) is 11.6 Å². The summed E-state index contributed by atoms with van der Waals surface area (Å²) in [5.74, 6) is 0.985. The maximum atomic E-state index is 13.2. The van der Waals surface area contributed by atoms with Gasteiger partial charge < -0.3 is 10.2 Å². The average molecular weight is 447 g/mol. The summed E-state index contributed by atoms with van der Waals surface area (Å²) in [5.41, 5.74) is 3.41. The van der Waals surface area contributed by atoms with Crippen LogP contribution in [0.25, 0.3) is 0 Å². The van der Waals surface area contributed by atoms with Gasteiger partial charge in [0.2, 0.25) is 11.8 Å². The van der Waals surface area contributed by atoms with Crippen LogP contribution in [0.5, 0.6) is 0 Å². The van der Waals surface area contributed by atoms with Crippen LogP contribution in [0.2, 0.25) is 5.02 Å². The number of hydrogen-bond acceptors (Lipinski definition) is 3. The Morgan fingerprint density at radius 2 is 1.80 bits per heavy atom. The molecule has 2 aromatic carbocycles. The second kappa shape index (κ2) is 12.7. The van der Waals surface area contributed by atoms with E-state index in [1.54, 1.807) is 16.7 Å². The molecule has 1 N–H and O–H groups in total. The lowest BCUT2D eigenvalue weighted by Crippen LogP contribution is -2.49. The second-order valence-corrected chi connectivity index (χ2v) is 8.70. The smallest absolute Gasteiger partial charge is 0.242 e. The first-order valence-corrected chi connectivity index (χ1v) is 11.9. The number of thioether (sulfide) groups is 1. The summed E-state index contributed by atoms with van der Waals surface area (Å²) >= 11 is 7.58. The van der Waals surface area contributed by atoms with Crippen molar-refractivity contribution in [3.8, 4) is 0 Å². The van der Waals surface area contributed by atoms with Crippen molar-refractivity contribution in [2.24, 2.45) is 0 Å². The lowest BCUT2D eigenvalue weighted by atomic mass is 10.1. The molecule has 0 aromatic heterocycles. The Morgan fingerprint density at radius 3 is 2.43 bits per heavy atom. The standard InChI is InChI=1S/C24H31ClN2O2S/c1-4-14-26-24(29)22(5-2)27(15-19-10-12-21(25)13-11-19)23(28)17-30-16-20-9-7-6-8-18(20)3/h6-13,22H,4-5,14-17H2,1-3H3,(H,26,29)/t22-/m1/s1. The van der Waals surface area contributed by atoms with Crippen LogP contribution in [0.4, 0.5) is 0 Å². The van der Waals surface area contributed by atoms with Crippen LogP contribution in [-0.2, 0) is 21.9 Å². The van der Waals surface area contributed by atoms with E-state index in [0.717, 1.165) is 17.7 Å². The summed E-state index contributed by atoms with van der Waals surface area (Å²) < 4.78 is 0. The van der Waals surface area contributed by atoms with Crippen molar-refractivity contribution in [2.45, 2.75) is 52.0 Å². The lowest BCUT2D eigenvalue weighted by molar-refractivity contribution is -0.139. The van der Waals surface area contributed by atoms with E-state index in [-0.39, 0.29) is 11.8 Å². The largest absolute Gasteiger partial charge is 0.354 e. The van der Waals surface area contributed by atoms with Crippen molar-refractivity contribution < 1.29 is 9.59 Å². The summed E-state index contributed by atoms with van der Waals surface area (Å²) in [5, 5.41) is 3.59. The van der Waals surface area contributed by atoms with Crippen LogP contribution in [0.15, 0.2) is 48.5 Å². The van der Waals surface area contributed by atoms with Gasteiger partial charge >= 0.3 is 0 Å². The first kappa shape index (κ1) is 24.3. The van der Waals surface area contributed by atoms with Crippen molar-refractivity contribution >= 4 is 35.2 Å². The molecule has 1 atom stereocenters. The summed E-state index contributed by atoms with van der Waals surface area (Å²) in [6.45, 7) is 7.04. The number of aryl methyl sites for hydroxylation is 1. The van der Waals surface area contributed by atoms with Crippen LogP contribution < -0.4 is 5.32 Å². The minimum absolute atomic E-state index is 0.0259. The molecular weight excluding hydrogens is 416 g/mol. The average Bonchev–Trinajstić information content (AvgIpc) is 2.74. The molecule has 0 aliphatic rings. The van der Waals surface area contributed by atoms with Crippen LogP contribution in [0.1, 0.15) is 43.4 Å². The van der Waals surface area contributed by atoms with Gasteiger partial charge in [-0.1, -0.05) is 61.8 Å². The number of carbonyl (C=O) groups is 2. The van der Waals surface area contributed by atoms with Crippen LogP contribution in [-0.4, -0.2) is 35.1 Å². The fourth-order valence-electron chi connectivity index (χ4n) is 3.18. The van der Waals surface area contributed by atoms with E-state index < -0.39 is 6.04 Å². The first-order valence-electron chi connectivity index (χ1n) is 10.4. The molecule has 0 spiro atoms. The summed E-state index contributed by atoms with van der Waals surface area (Å²) in [6.07, 6.45) is 1.43. The van der Waals surface area contributed by atoms with Crippen molar-refractivity contribution in [3.05, 3.63) is 70.2 Å². The van der Waals surface area contributed by atoms with Crippen LogP contribution in [0, 0.1) is 6.92 Å². The third kappa shape index (κ3) is 7.37. The third-order valence-corrected chi connectivity index (χ3v) is 6.16. The van der Waals surface area contributed by atoms with Crippen molar-refractivity contribution in [3.63, 3.8) is 0 Å². The minimum atomic E-state index is -0.487. The second-order valence-electron chi connectivity index (χ2n) is 7.28. The van der Waals surface area contributed by atoms with Gasteiger partial charge in [0, 0.05) is 23.9 Å². The number of halogens is 1. The highest BCUT2D eigenvalue weighted by molar-refractivity contribution is 7.99. The Labute approximate surface area is 189 Å². The van der Waals surface area contributed by atoms with Gasteiger partial charge in [-0.3, -0.25) is 9.59 Å². The highest BCUT2D eigenvalue weighted by Crippen LogP contribution is 2.19. The van der Waals surface area contributed by atoms with E-state index in [9.17, 15) is 9.59 Å². The molecule has 0 saturated carbocycles. The number of carbonyl (C=O) groups excluding carboxylic acids is 2. The fourth-order valence-corrected chi connectivity index (χ4v) is 4.29. The van der Waals surface area contributed by atoms with E-state index >= 15 is 0 Å². The number of hydrogen-bond donors (Lipinski definition) is 1. The molecule has 2 amide bonds. The van der Waals surface area contributed by atoms with Crippen molar-refractivity contribution in [2.75, 3.05) is 12.3 Å². The molecule has 162 valence electrons. The maximum absolute atomic E-state index is 13.2. The molecule has 0 unspecified atom stereocenters. The molecule has 0 heterocycles. The van der Waals surface area contributed by atoms with Gasteiger partial charge in [0.05, 0.1) is 5.75 Å². The monoisotopic (exact) mass is 446 g/mol. The Balaban J connectivity index is 2.11. The predicted octanol–water partition coefficient (Wildman–Crippen LogP) is 5.22. The maximum Gasteiger partial charge on any atom is 0.242 e. The van der Waals surface area contributed by atoms with E-state index in [2.05, 4.69) is 24.4 Å². The molecule has 2 rings (SSSR count). The van der Waals surface area contributed by atoms with Gasteiger partial charge in [-0.2, -0.15) is 0 Å². The highest BCUT2D eigenvalue weighted by Gasteiger charge is 2.28. The molecule has 0 fully saturated rings. The molecule has 0 aliphatic heterocycles. The topological polar surface area (TPSA) is 49.4 Å². The zero-order valence-electron chi connectivity index (χ0n) is 18.0. The van der Waals surface area contributed by atoms with Crippen molar-refractivity contribution in [1.29, 1.82) is 0 Å². The van der Waals surface area contributed by atoms with Gasteiger partial charge in [0.25, 0.3) is 0 Å². The van der Waals surface area contributed by atoms with Crippen LogP contribution in [0.3, 0.4) is 0 Å². The Kier molecular flexibility index (Phi) is 10.2. The first-order chi connectivity index (χ1) is 14.5. The molecule has 6 heteroatoms. The molecule has 30 heavy (non-hydrogen) atoms. The number of nitrogens with zero attached hydrogens (tertiary/aromatic N) is 1. The minimum Gasteiger partial charge on any atom is -0.354 e. The number of nitrogens with one attached hydrogen (secondary N) is 1. The zero-order valence-corrected chi connectivity index (χ0v) is 19.6. The number of rotatable bonds is 11. The van der Waals surface area contributed by atoms with E-state index in [1.807, 2.05) is 50.2 Å². The summed E-state index contributed by atoms with van der Waals surface area (Å²) in [4.78, 5) is 27.6. The zero-order chi connectivity index (χ0) is 21.9. The van der Waals surface area contributed by atoms with E-state index in [0.29, 0.717) is 30.3 Å². The van der Waals surface area contributed by atoms with E-state index in [1.165, 1.54) is 11.1 Å². The van der Waals surface area contributed by atoms with Gasteiger partial charge in [-0.05, 0) is 48.6 Å². The Hall–Kier alpha value is -1.98. The quantitative estimate of drug-likeness (QED) is 0.515. The summed E-state index contributed by atoms with van der Waals surface area (Å²) in [7, 11) is 0. The van der Waals surface area contributed by atoms with Gasteiger partial charge in [-0.15, -0.1) is 11.8 Å². The molecule has 2 aromatic rings. The van der Waals surface area contributed by atoms with Gasteiger partial charge in [0.15, 0.2) is 0 Å². The molecule has 0 saturated heterocycles. The normalized spacial score (nSPS) is 11.7. The summed E-state index contributed by atoms with van der Waals surface area (Å²) in [6, 6.07) is 15.1. The molecule has 0 bridgehead atoms. The van der Waals surface area contributed by atoms with Gasteiger partial charge in [0.1, 0.15) is 6.04 Å².